The minimum Gasteiger partial charge on any atom is -0.489 e. The van der Waals surface area contributed by atoms with Gasteiger partial charge in [-0.2, -0.15) is 10.5 Å². The van der Waals surface area contributed by atoms with Gasteiger partial charge in [0, 0.05) is 33.4 Å². The van der Waals surface area contributed by atoms with Crippen molar-refractivity contribution in [2.24, 2.45) is 0 Å². The molecule has 0 saturated heterocycles. The highest BCUT2D eigenvalue weighted by atomic mass is 19.1. The Morgan fingerprint density at radius 3 is 1.28 bits per heavy atom. The Balaban J connectivity index is 1.27. The fraction of sp³-hybridized carbons (Fsp3) is 0.100. The van der Waals surface area contributed by atoms with Crippen LogP contribution in [0.5, 0.6) is 23.3 Å². The molecule has 6 rings (SSSR count). The number of rotatable bonds is 11. The number of benzene rings is 4. The Morgan fingerprint density at radius 1 is 0.540 bits per heavy atom. The quantitative estimate of drug-likeness (QED) is 0.126. The summed E-state index contributed by atoms with van der Waals surface area (Å²) in [5.74, 6) is 0.498. The van der Waals surface area contributed by atoms with Crippen LogP contribution in [0.4, 0.5) is 8.78 Å². The molecule has 4 aromatic carbocycles. The molecule has 0 N–H and O–H groups in total. The third-order valence-corrected chi connectivity index (χ3v) is 7.82. The molecule has 0 saturated carbocycles. The molecule has 0 aliphatic heterocycles. The topological polar surface area (TPSA) is 110 Å². The zero-order valence-electron chi connectivity index (χ0n) is 27.0. The molecule has 246 valence electrons. The maximum absolute atomic E-state index is 13.6. The number of para-hydroxylation sites is 2. The van der Waals surface area contributed by atoms with Gasteiger partial charge in [-0.25, -0.2) is 18.7 Å². The van der Waals surface area contributed by atoms with Gasteiger partial charge in [-0.15, -0.1) is 0 Å². The van der Waals surface area contributed by atoms with Crippen molar-refractivity contribution >= 4 is 0 Å². The van der Waals surface area contributed by atoms with Gasteiger partial charge in [-0.05, 0) is 72.8 Å². The lowest BCUT2D eigenvalue weighted by molar-refractivity contribution is 0.218. The summed E-state index contributed by atoms with van der Waals surface area (Å²) in [6, 6.07) is 34.2. The van der Waals surface area contributed by atoms with E-state index in [1.54, 1.807) is 48.5 Å². The normalized spacial score (nSPS) is 10.5. The molecule has 0 spiro atoms. The smallest absolute Gasteiger partial charge is 0.232 e. The molecule has 2 aromatic heterocycles. The fourth-order valence-corrected chi connectivity index (χ4v) is 5.45. The molecule has 10 heteroatoms. The van der Waals surface area contributed by atoms with E-state index in [1.807, 2.05) is 36.4 Å². The molecule has 0 radical (unpaired) electrons. The molecule has 8 nitrogen and oxygen atoms in total. The highest BCUT2D eigenvalue weighted by Gasteiger charge is 2.21. The molecule has 0 amide bonds. The number of nitriles is 2. The van der Waals surface area contributed by atoms with Gasteiger partial charge in [0.25, 0.3) is 0 Å². The van der Waals surface area contributed by atoms with E-state index in [0.717, 1.165) is 0 Å². The monoisotopic (exact) mass is 666 g/mol. The second-order valence-corrected chi connectivity index (χ2v) is 10.8. The first-order valence-electron chi connectivity index (χ1n) is 15.4. The molecular weight excluding hydrogens is 638 g/mol. The lowest BCUT2D eigenvalue weighted by atomic mass is 9.98. The third-order valence-electron chi connectivity index (χ3n) is 7.82. The van der Waals surface area contributed by atoms with Crippen LogP contribution in [-0.4, -0.2) is 37.4 Å². The Bertz CT molecular complexity index is 2090. The van der Waals surface area contributed by atoms with Crippen LogP contribution in [0.1, 0.15) is 11.1 Å². The Morgan fingerprint density at radius 2 is 0.920 bits per heavy atom. The van der Waals surface area contributed by atoms with E-state index in [0.29, 0.717) is 56.3 Å². The number of halogens is 2. The summed E-state index contributed by atoms with van der Waals surface area (Å²) < 4.78 is 50.6. The average Bonchev–Trinajstić information content (AvgIpc) is 3.16. The van der Waals surface area contributed by atoms with E-state index in [1.165, 1.54) is 38.5 Å². The predicted octanol–water partition coefficient (Wildman–Crippen LogP) is 8.64. The van der Waals surface area contributed by atoms with Crippen molar-refractivity contribution in [2.45, 2.75) is 0 Å². The molecule has 0 aliphatic rings. The lowest BCUT2D eigenvalue weighted by Gasteiger charge is -2.17. The van der Waals surface area contributed by atoms with Crippen molar-refractivity contribution in [3.8, 4) is 80.2 Å². The van der Waals surface area contributed by atoms with Crippen molar-refractivity contribution in [1.82, 2.24) is 9.97 Å². The highest BCUT2D eigenvalue weighted by Crippen LogP contribution is 2.39. The maximum Gasteiger partial charge on any atom is 0.232 e. The average molecular weight is 667 g/mol. The molecule has 0 unspecified atom stereocenters. The first kappa shape index (κ1) is 33.1. The van der Waals surface area contributed by atoms with E-state index in [-0.39, 0.29) is 47.7 Å². The molecule has 0 aliphatic carbocycles. The van der Waals surface area contributed by atoms with Crippen LogP contribution in [0.3, 0.4) is 0 Å². The minimum absolute atomic E-state index is 0.131. The second-order valence-electron chi connectivity index (χ2n) is 10.8. The van der Waals surface area contributed by atoms with Gasteiger partial charge in [0.2, 0.25) is 11.8 Å². The van der Waals surface area contributed by atoms with Crippen molar-refractivity contribution in [2.75, 3.05) is 27.4 Å². The standard InChI is InChI=1S/C40H28F2N4O4/c1-47-39-33(23-43)31(21-35(45-39)25-11-15-27(41)16-12-25)29-7-3-5-9-37(29)49-19-20-50-38-10-6-4-8-30(38)32-22-36(26-13-17-28(42)18-14-26)46-40(48-2)34(32)24-44/h3-18,21-22H,19-20H2,1-2H3. The van der Waals surface area contributed by atoms with Crippen molar-refractivity contribution in [3.05, 3.63) is 132 Å². The van der Waals surface area contributed by atoms with Crippen molar-refractivity contribution < 1.29 is 27.7 Å². The van der Waals surface area contributed by atoms with E-state index >= 15 is 0 Å². The molecule has 2 heterocycles. The van der Waals surface area contributed by atoms with Crippen LogP contribution in [0, 0.1) is 34.3 Å². The predicted molar refractivity (Wildman–Crippen MR) is 184 cm³/mol. The molecule has 50 heavy (non-hydrogen) atoms. The van der Waals surface area contributed by atoms with E-state index in [2.05, 4.69) is 22.1 Å². The SMILES string of the molecule is COc1nc(-c2ccc(F)cc2)cc(-c2ccccc2OCCOc2ccccc2-c2cc(-c3ccc(F)cc3)nc(OC)c2C#N)c1C#N. The Hall–Kier alpha value is -6.78. The number of pyridine rings is 2. The summed E-state index contributed by atoms with van der Waals surface area (Å²) in [7, 11) is 2.87. The van der Waals surface area contributed by atoms with Gasteiger partial charge in [0.05, 0.1) is 25.6 Å². The van der Waals surface area contributed by atoms with Crippen LogP contribution in [0.25, 0.3) is 44.8 Å². The number of nitrogens with zero attached hydrogens (tertiary/aromatic N) is 4. The van der Waals surface area contributed by atoms with E-state index in [4.69, 9.17) is 18.9 Å². The number of aromatic nitrogens is 2. The van der Waals surface area contributed by atoms with Crippen molar-refractivity contribution in [3.63, 3.8) is 0 Å². The second kappa shape index (κ2) is 15.0. The first-order chi connectivity index (χ1) is 24.4. The fourth-order valence-electron chi connectivity index (χ4n) is 5.45. The van der Waals surface area contributed by atoms with E-state index < -0.39 is 0 Å². The Labute approximate surface area is 287 Å². The summed E-state index contributed by atoms with van der Waals surface area (Å²) in [4.78, 5) is 8.99. The number of methoxy groups -OCH3 is 2. The minimum atomic E-state index is -0.376. The van der Waals surface area contributed by atoms with Crippen LogP contribution < -0.4 is 18.9 Å². The van der Waals surface area contributed by atoms with Crippen LogP contribution >= 0.6 is 0 Å². The summed E-state index contributed by atoms with van der Waals surface area (Å²) in [6.45, 7) is 0.262. The first-order valence-corrected chi connectivity index (χ1v) is 15.4. The van der Waals surface area contributed by atoms with Gasteiger partial charge in [0.15, 0.2) is 0 Å². The summed E-state index contributed by atoms with van der Waals surface area (Å²) in [6.07, 6.45) is 0. The maximum atomic E-state index is 13.6. The molecule has 0 atom stereocenters. The zero-order valence-corrected chi connectivity index (χ0v) is 27.0. The van der Waals surface area contributed by atoms with Gasteiger partial charge in [0.1, 0.15) is 59.6 Å². The number of hydrogen-bond donors (Lipinski definition) is 0. The molecule has 0 bridgehead atoms. The van der Waals surface area contributed by atoms with Crippen LogP contribution in [0.2, 0.25) is 0 Å². The summed E-state index contributed by atoms with van der Waals surface area (Å²) in [5, 5.41) is 20.2. The van der Waals surface area contributed by atoms with Crippen molar-refractivity contribution in [1.29, 1.82) is 10.5 Å². The number of ether oxygens (including phenoxy) is 4. The number of hydrogen-bond acceptors (Lipinski definition) is 8. The summed E-state index contributed by atoms with van der Waals surface area (Å²) >= 11 is 0. The molecule has 0 fully saturated rings. The summed E-state index contributed by atoms with van der Waals surface area (Å²) in [5.41, 5.74) is 5.07. The Kier molecular flexibility index (Phi) is 9.92. The van der Waals surface area contributed by atoms with Gasteiger partial charge in [-0.1, -0.05) is 36.4 Å². The van der Waals surface area contributed by atoms with Crippen LogP contribution in [-0.2, 0) is 0 Å². The van der Waals surface area contributed by atoms with E-state index in [9.17, 15) is 19.3 Å². The third kappa shape index (κ3) is 6.91. The highest BCUT2D eigenvalue weighted by molar-refractivity contribution is 5.82. The lowest BCUT2D eigenvalue weighted by Crippen LogP contribution is -2.10. The van der Waals surface area contributed by atoms with Gasteiger partial charge < -0.3 is 18.9 Å². The largest absolute Gasteiger partial charge is 0.489 e. The molecular formula is C40H28F2N4O4. The van der Waals surface area contributed by atoms with Crippen LogP contribution in [0.15, 0.2) is 109 Å². The zero-order chi connectivity index (χ0) is 35.0. The van der Waals surface area contributed by atoms with Gasteiger partial charge >= 0.3 is 0 Å². The van der Waals surface area contributed by atoms with Gasteiger partial charge in [-0.3, -0.25) is 0 Å². The molecule has 6 aromatic rings.